The predicted molar refractivity (Wildman–Crippen MR) is 46.0 cm³/mol. The van der Waals surface area contributed by atoms with Gasteiger partial charge in [0, 0.05) is 0 Å². The Kier molecular flexibility index (Phi) is 1.03. The van der Waals surface area contributed by atoms with Gasteiger partial charge < -0.3 is 0 Å². The molecule has 0 aromatic carbocycles. The maximum absolute atomic E-state index is 3.92. The van der Waals surface area contributed by atoms with Crippen LogP contribution in [0.1, 0.15) is 0 Å². The molecule has 0 aromatic heterocycles. The van der Waals surface area contributed by atoms with Gasteiger partial charge in [0.05, 0.1) is 0 Å². The van der Waals surface area contributed by atoms with E-state index < -0.39 is 0 Å². The maximum Gasteiger partial charge on any atom is 0.262 e. The van der Waals surface area contributed by atoms with E-state index in [1.165, 1.54) is 17.6 Å². The maximum atomic E-state index is 3.92. The summed E-state index contributed by atoms with van der Waals surface area (Å²) in [5.41, 5.74) is 0. The lowest BCUT2D eigenvalue weighted by Crippen LogP contribution is -2.44. The summed E-state index contributed by atoms with van der Waals surface area (Å²) in [6, 6.07) is 0. The molecular formula is C5H2N8. The quantitative estimate of drug-likeness (QED) is 0.500. The zero-order valence-corrected chi connectivity index (χ0v) is 6.23. The summed E-state index contributed by atoms with van der Waals surface area (Å²) in [6.45, 7) is 0. The molecule has 8 heteroatoms. The van der Waals surface area contributed by atoms with Gasteiger partial charge in [0.1, 0.15) is 12.7 Å². The van der Waals surface area contributed by atoms with Gasteiger partial charge in [-0.3, -0.25) is 0 Å². The van der Waals surface area contributed by atoms with Crippen molar-refractivity contribution in [2.24, 2.45) is 35.4 Å². The van der Waals surface area contributed by atoms with Gasteiger partial charge in [-0.25, -0.2) is 14.9 Å². The monoisotopic (exact) mass is 174 g/mol. The lowest BCUT2D eigenvalue weighted by molar-refractivity contribution is 0.780. The smallest absolute Gasteiger partial charge is 0.210 e. The number of rotatable bonds is 0. The minimum atomic E-state index is 0.385. The molecule has 0 spiro atoms. The first-order valence-electron chi connectivity index (χ1n) is 3.45. The first-order chi connectivity index (χ1) is 6.45. The largest absolute Gasteiger partial charge is 0.262 e. The highest BCUT2D eigenvalue weighted by Crippen LogP contribution is 2.12. The van der Waals surface area contributed by atoms with Crippen molar-refractivity contribution in [3.8, 4) is 0 Å². The molecule has 0 saturated carbocycles. The van der Waals surface area contributed by atoms with Crippen molar-refractivity contribution in [2.45, 2.75) is 0 Å². The molecule has 0 saturated heterocycles. The van der Waals surface area contributed by atoms with Crippen molar-refractivity contribution in [3.05, 3.63) is 0 Å². The summed E-state index contributed by atoms with van der Waals surface area (Å²) >= 11 is 0. The van der Waals surface area contributed by atoms with E-state index in [0.717, 1.165) is 0 Å². The summed E-state index contributed by atoms with van der Waals surface area (Å²) in [5.74, 6) is 1.23. The van der Waals surface area contributed by atoms with E-state index in [0.29, 0.717) is 17.9 Å². The third-order valence-electron chi connectivity index (χ3n) is 1.56. The van der Waals surface area contributed by atoms with Crippen molar-refractivity contribution >= 4 is 30.6 Å². The van der Waals surface area contributed by atoms with Crippen LogP contribution in [0, 0.1) is 0 Å². The van der Waals surface area contributed by atoms with E-state index in [2.05, 4.69) is 35.4 Å². The Balaban J connectivity index is 2.23. The van der Waals surface area contributed by atoms with Crippen LogP contribution in [0.2, 0.25) is 0 Å². The second-order valence-electron chi connectivity index (χ2n) is 2.27. The number of guanidine groups is 3. The summed E-state index contributed by atoms with van der Waals surface area (Å²) in [4.78, 5) is 17.1. The van der Waals surface area contributed by atoms with Crippen LogP contribution in [0.3, 0.4) is 0 Å². The van der Waals surface area contributed by atoms with E-state index >= 15 is 0 Å². The normalized spacial score (nSPS) is 22.2. The van der Waals surface area contributed by atoms with Crippen molar-refractivity contribution in [3.63, 3.8) is 0 Å². The molecule has 3 aliphatic rings. The topological polar surface area (TPSA) is 89.8 Å². The molecule has 8 nitrogen and oxygen atoms in total. The first-order valence-corrected chi connectivity index (χ1v) is 3.45. The van der Waals surface area contributed by atoms with Crippen LogP contribution in [0.25, 0.3) is 0 Å². The van der Waals surface area contributed by atoms with E-state index in [1.807, 2.05) is 0 Å². The first kappa shape index (κ1) is 6.29. The zero-order valence-electron chi connectivity index (χ0n) is 6.23. The van der Waals surface area contributed by atoms with Gasteiger partial charge >= 0.3 is 0 Å². The van der Waals surface area contributed by atoms with Crippen molar-refractivity contribution in [1.29, 1.82) is 0 Å². The number of hydrogen-bond acceptors (Lipinski definition) is 8. The number of nitrogens with zero attached hydrogens (tertiary/aromatic N) is 8. The third-order valence-corrected chi connectivity index (χ3v) is 1.56. The average molecular weight is 174 g/mol. The molecule has 0 unspecified atom stereocenters. The van der Waals surface area contributed by atoms with Crippen LogP contribution in [0.5, 0.6) is 0 Å². The molecule has 13 heavy (non-hydrogen) atoms. The third kappa shape index (κ3) is 0.760. The molecule has 3 aliphatic heterocycles. The summed E-state index contributed by atoms with van der Waals surface area (Å²) in [7, 11) is 0. The van der Waals surface area contributed by atoms with Gasteiger partial charge in [-0.05, 0) is 5.22 Å². The summed E-state index contributed by atoms with van der Waals surface area (Å²) in [6.07, 6.45) is 2.73. The Morgan fingerprint density at radius 1 is 0.923 bits per heavy atom. The zero-order chi connectivity index (χ0) is 8.67. The number of hydrogen-bond donors (Lipinski definition) is 0. The van der Waals surface area contributed by atoms with E-state index in [4.69, 9.17) is 0 Å². The highest BCUT2D eigenvalue weighted by atomic mass is 15.6. The minimum Gasteiger partial charge on any atom is -0.210 e. The Bertz CT molecular complexity index is 369. The SMILES string of the molecule is C1=NC2=NC=NC3=NN=NC(=N1)N23. The molecule has 0 fully saturated rings. The molecule has 0 bridgehead atoms. The molecular weight excluding hydrogens is 172 g/mol. The van der Waals surface area contributed by atoms with E-state index in [9.17, 15) is 0 Å². The van der Waals surface area contributed by atoms with Crippen LogP contribution < -0.4 is 0 Å². The molecule has 3 rings (SSSR count). The highest BCUT2D eigenvalue weighted by Gasteiger charge is 2.29. The fraction of sp³-hybridized carbons (Fsp3) is 0. The van der Waals surface area contributed by atoms with Crippen LogP contribution in [-0.4, -0.2) is 35.5 Å². The van der Waals surface area contributed by atoms with Gasteiger partial charge in [0.25, 0.3) is 11.9 Å². The van der Waals surface area contributed by atoms with E-state index in [1.54, 1.807) is 0 Å². The fourth-order valence-electron chi connectivity index (χ4n) is 1.04. The second-order valence-corrected chi connectivity index (χ2v) is 2.27. The second kappa shape index (κ2) is 2.12. The highest BCUT2D eigenvalue weighted by molar-refractivity contribution is 6.22. The van der Waals surface area contributed by atoms with Crippen molar-refractivity contribution in [1.82, 2.24) is 4.90 Å². The fourth-order valence-corrected chi connectivity index (χ4v) is 1.04. The van der Waals surface area contributed by atoms with Crippen molar-refractivity contribution < 1.29 is 0 Å². The molecule has 0 amide bonds. The molecule has 3 heterocycles. The van der Waals surface area contributed by atoms with Gasteiger partial charge in [0.15, 0.2) is 0 Å². The molecule has 0 aromatic rings. The van der Waals surface area contributed by atoms with Gasteiger partial charge in [0.2, 0.25) is 5.96 Å². The van der Waals surface area contributed by atoms with Crippen LogP contribution in [0.4, 0.5) is 0 Å². The van der Waals surface area contributed by atoms with Gasteiger partial charge in [-0.1, -0.05) is 10.2 Å². The van der Waals surface area contributed by atoms with E-state index in [-0.39, 0.29) is 0 Å². The Hall–Kier alpha value is -2.25. The molecule has 0 N–H and O–H groups in total. The molecule has 0 radical (unpaired) electrons. The average Bonchev–Trinajstić information content (AvgIpc) is 2.19. The summed E-state index contributed by atoms with van der Waals surface area (Å²) in [5, 5.41) is 10.9. The van der Waals surface area contributed by atoms with Crippen LogP contribution in [0.15, 0.2) is 35.4 Å². The number of aliphatic imine (C=N–C) groups is 4. The molecule has 0 atom stereocenters. The Morgan fingerprint density at radius 2 is 1.69 bits per heavy atom. The Labute approximate surface area is 71.8 Å². The lowest BCUT2D eigenvalue weighted by Gasteiger charge is -2.24. The van der Waals surface area contributed by atoms with Gasteiger partial charge in [-0.15, -0.1) is 0 Å². The molecule has 62 valence electrons. The Morgan fingerprint density at radius 3 is 2.62 bits per heavy atom. The minimum absolute atomic E-state index is 0.385. The lowest BCUT2D eigenvalue weighted by atomic mass is 10.6. The van der Waals surface area contributed by atoms with Crippen molar-refractivity contribution in [2.75, 3.05) is 0 Å². The standard InChI is InChI=1S/C5H2N8/c1-6-3-7-2-9-5-11-12-10-4(8-1)13(3)5/h1-2H. The summed E-state index contributed by atoms with van der Waals surface area (Å²) < 4.78 is 0. The predicted octanol–water partition coefficient (Wildman–Crippen LogP) is -0.179. The van der Waals surface area contributed by atoms with Gasteiger partial charge in [-0.2, -0.15) is 9.98 Å². The van der Waals surface area contributed by atoms with Crippen LogP contribution >= 0.6 is 0 Å². The van der Waals surface area contributed by atoms with Crippen LogP contribution in [-0.2, 0) is 0 Å². The molecule has 0 aliphatic carbocycles.